The molecule has 1 fully saturated rings. The number of H-pyrrole nitrogens is 1. The standard InChI is InChI=1S/C29H41BN4O5/c1-18(2)23(33-26(36)37-27(3,4)5)25(35)34-16-10-11-22(34)24-31-17-21(32-24)19-12-14-20(15-13-19)30-38-28(6,7)29(8,9)39-30/h10-15,17-18,22-23H,16H2,1-9H3,(H,31,32)(H,33,36)/t22-,23?/m0/s1. The Balaban J connectivity index is 1.47. The quantitative estimate of drug-likeness (QED) is 0.420. The number of rotatable bonds is 6. The molecule has 3 heterocycles. The fraction of sp³-hybridized carbons (Fsp3) is 0.552. The van der Waals surface area contributed by atoms with Gasteiger partial charge < -0.3 is 29.2 Å². The van der Waals surface area contributed by atoms with E-state index in [-0.39, 0.29) is 17.9 Å². The summed E-state index contributed by atoms with van der Waals surface area (Å²) in [6, 6.07) is 6.92. The Kier molecular flexibility index (Phi) is 7.75. The van der Waals surface area contributed by atoms with Gasteiger partial charge in [-0.05, 0) is 65.4 Å². The van der Waals surface area contributed by atoms with Crippen molar-refractivity contribution < 1.29 is 23.6 Å². The molecule has 0 radical (unpaired) electrons. The third-order valence-electron chi connectivity index (χ3n) is 7.47. The number of alkyl carbamates (subject to hydrolysis) is 1. The third-order valence-corrected chi connectivity index (χ3v) is 7.47. The number of ether oxygens (including phenoxy) is 1. The number of benzene rings is 1. The second-order valence-corrected chi connectivity index (χ2v) is 12.6. The largest absolute Gasteiger partial charge is 0.494 e. The van der Waals surface area contributed by atoms with Crippen molar-refractivity contribution in [3.05, 3.63) is 48.4 Å². The van der Waals surface area contributed by atoms with E-state index in [4.69, 9.17) is 14.0 Å². The molecule has 0 aliphatic carbocycles. The zero-order valence-corrected chi connectivity index (χ0v) is 24.5. The van der Waals surface area contributed by atoms with Crippen LogP contribution in [0.1, 0.15) is 74.2 Å². The molecule has 1 aromatic carbocycles. The normalized spacial score (nSPS) is 20.9. The third kappa shape index (κ3) is 6.22. The number of nitrogens with one attached hydrogen (secondary N) is 2. The Labute approximate surface area is 231 Å². The molecule has 2 N–H and O–H groups in total. The lowest BCUT2D eigenvalue weighted by molar-refractivity contribution is -0.135. The van der Waals surface area contributed by atoms with Crippen molar-refractivity contribution in [2.24, 2.45) is 5.92 Å². The van der Waals surface area contributed by atoms with Crippen LogP contribution in [0.15, 0.2) is 42.6 Å². The van der Waals surface area contributed by atoms with Crippen molar-refractivity contribution >= 4 is 24.6 Å². The maximum absolute atomic E-state index is 13.6. The molecule has 2 atom stereocenters. The molecular weight excluding hydrogens is 495 g/mol. The number of carbonyl (C=O) groups is 2. The van der Waals surface area contributed by atoms with Gasteiger partial charge >= 0.3 is 13.2 Å². The number of nitrogens with zero attached hydrogens (tertiary/aromatic N) is 2. The summed E-state index contributed by atoms with van der Waals surface area (Å²) in [5, 5.41) is 2.76. The zero-order chi connectivity index (χ0) is 28.8. The van der Waals surface area contributed by atoms with Gasteiger partial charge in [0.1, 0.15) is 23.5 Å². The van der Waals surface area contributed by atoms with Gasteiger partial charge in [0.15, 0.2) is 0 Å². The molecule has 9 nitrogen and oxygen atoms in total. The van der Waals surface area contributed by atoms with Gasteiger partial charge in [-0.15, -0.1) is 0 Å². The highest BCUT2D eigenvalue weighted by molar-refractivity contribution is 6.62. The Morgan fingerprint density at radius 2 is 1.74 bits per heavy atom. The van der Waals surface area contributed by atoms with Crippen LogP contribution >= 0.6 is 0 Å². The molecule has 2 aromatic rings. The first-order valence-electron chi connectivity index (χ1n) is 13.6. The minimum Gasteiger partial charge on any atom is -0.444 e. The first-order valence-corrected chi connectivity index (χ1v) is 13.6. The summed E-state index contributed by atoms with van der Waals surface area (Å²) < 4.78 is 17.7. The van der Waals surface area contributed by atoms with Crippen LogP contribution in [-0.2, 0) is 18.8 Å². The van der Waals surface area contributed by atoms with E-state index < -0.39 is 36.1 Å². The van der Waals surface area contributed by atoms with Crippen LogP contribution in [-0.4, -0.2) is 63.4 Å². The summed E-state index contributed by atoms with van der Waals surface area (Å²) in [5.41, 5.74) is 1.29. The highest BCUT2D eigenvalue weighted by Gasteiger charge is 2.51. The molecule has 0 bridgehead atoms. The lowest BCUT2D eigenvalue weighted by Gasteiger charge is -2.32. The Hall–Kier alpha value is -3.11. The van der Waals surface area contributed by atoms with Crippen LogP contribution in [0.5, 0.6) is 0 Å². The van der Waals surface area contributed by atoms with E-state index >= 15 is 0 Å². The highest BCUT2D eigenvalue weighted by atomic mass is 16.7. The molecule has 10 heteroatoms. The minimum atomic E-state index is -0.723. The van der Waals surface area contributed by atoms with Crippen molar-refractivity contribution in [1.82, 2.24) is 20.2 Å². The Morgan fingerprint density at radius 1 is 1.13 bits per heavy atom. The summed E-state index contributed by atoms with van der Waals surface area (Å²) in [6.45, 7) is 17.8. The van der Waals surface area contributed by atoms with Crippen LogP contribution in [0.25, 0.3) is 11.3 Å². The van der Waals surface area contributed by atoms with E-state index in [0.717, 1.165) is 16.7 Å². The van der Waals surface area contributed by atoms with E-state index in [1.165, 1.54) is 0 Å². The molecule has 39 heavy (non-hydrogen) atoms. The lowest BCUT2D eigenvalue weighted by atomic mass is 9.79. The van der Waals surface area contributed by atoms with Crippen molar-refractivity contribution in [2.75, 3.05) is 6.54 Å². The van der Waals surface area contributed by atoms with Gasteiger partial charge in [-0.25, -0.2) is 9.78 Å². The van der Waals surface area contributed by atoms with Crippen molar-refractivity contribution in [3.63, 3.8) is 0 Å². The molecule has 4 rings (SSSR count). The number of hydrogen-bond acceptors (Lipinski definition) is 6. The molecule has 1 aromatic heterocycles. The molecule has 1 unspecified atom stereocenters. The number of carbonyl (C=O) groups excluding carboxylic acids is 2. The van der Waals surface area contributed by atoms with Crippen molar-refractivity contribution in [1.29, 1.82) is 0 Å². The maximum atomic E-state index is 13.6. The van der Waals surface area contributed by atoms with Crippen molar-refractivity contribution in [2.45, 2.75) is 91.2 Å². The van der Waals surface area contributed by atoms with E-state index in [2.05, 4.69) is 15.3 Å². The first kappa shape index (κ1) is 28.9. The molecule has 2 amide bonds. The van der Waals surface area contributed by atoms with Crippen LogP contribution in [0.2, 0.25) is 0 Å². The molecule has 210 valence electrons. The topological polar surface area (TPSA) is 106 Å². The monoisotopic (exact) mass is 536 g/mol. The maximum Gasteiger partial charge on any atom is 0.494 e. The molecule has 1 saturated heterocycles. The highest BCUT2D eigenvalue weighted by Crippen LogP contribution is 2.36. The van der Waals surface area contributed by atoms with Crippen molar-refractivity contribution in [3.8, 4) is 11.3 Å². The van der Waals surface area contributed by atoms with Crippen LogP contribution in [0, 0.1) is 5.92 Å². The molecule has 2 aliphatic rings. The number of aromatic amines is 1. The fourth-order valence-corrected chi connectivity index (χ4v) is 4.55. The van der Waals surface area contributed by atoms with Gasteiger partial charge in [0, 0.05) is 6.54 Å². The van der Waals surface area contributed by atoms with E-state index in [0.29, 0.717) is 12.4 Å². The Morgan fingerprint density at radius 3 is 2.31 bits per heavy atom. The second kappa shape index (κ2) is 10.5. The summed E-state index contributed by atoms with van der Waals surface area (Å²) in [7, 11) is -0.423. The van der Waals surface area contributed by atoms with E-state index in [1.54, 1.807) is 31.9 Å². The molecule has 0 spiro atoms. The minimum absolute atomic E-state index is 0.124. The van der Waals surface area contributed by atoms with E-state index in [1.807, 2.05) is 78.0 Å². The number of amides is 2. The molecule has 2 aliphatic heterocycles. The predicted octanol–water partition coefficient (Wildman–Crippen LogP) is 4.36. The fourth-order valence-electron chi connectivity index (χ4n) is 4.55. The second-order valence-electron chi connectivity index (χ2n) is 12.6. The Bertz CT molecular complexity index is 1210. The molecular formula is C29H41BN4O5. The van der Waals surface area contributed by atoms with Crippen LogP contribution in [0.3, 0.4) is 0 Å². The van der Waals surface area contributed by atoms with Gasteiger partial charge in [-0.2, -0.15) is 0 Å². The molecule has 0 saturated carbocycles. The van der Waals surface area contributed by atoms with Crippen LogP contribution < -0.4 is 10.8 Å². The van der Waals surface area contributed by atoms with Gasteiger partial charge in [-0.3, -0.25) is 4.79 Å². The lowest BCUT2D eigenvalue weighted by Crippen LogP contribution is -2.52. The number of hydrogen-bond donors (Lipinski definition) is 2. The number of imidazole rings is 1. The summed E-state index contributed by atoms with van der Waals surface area (Å²) in [6.07, 6.45) is 5.05. The zero-order valence-electron chi connectivity index (χ0n) is 24.5. The number of aromatic nitrogens is 2. The SMILES string of the molecule is CC(C)C(NC(=O)OC(C)(C)C)C(=O)N1CC=C[C@H]1c1ncc(-c2ccc(B3OC(C)(C)C(C)(C)O3)cc2)[nH]1. The smallest absolute Gasteiger partial charge is 0.444 e. The average molecular weight is 536 g/mol. The van der Waals surface area contributed by atoms with Gasteiger partial charge in [0.25, 0.3) is 0 Å². The predicted molar refractivity (Wildman–Crippen MR) is 151 cm³/mol. The van der Waals surface area contributed by atoms with E-state index in [9.17, 15) is 9.59 Å². The van der Waals surface area contributed by atoms with Gasteiger partial charge in [-0.1, -0.05) is 50.3 Å². The van der Waals surface area contributed by atoms with Gasteiger partial charge in [0.05, 0.1) is 23.1 Å². The average Bonchev–Trinajstić information content (AvgIpc) is 3.53. The summed E-state index contributed by atoms with van der Waals surface area (Å²) >= 11 is 0. The summed E-state index contributed by atoms with van der Waals surface area (Å²) in [4.78, 5) is 35.7. The summed E-state index contributed by atoms with van der Waals surface area (Å²) in [5.74, 6) is 0.346. The van der Waals surface area contributed by atoms with Crippen LogP contribution in [0.4, 0.5) is 4.79 Å². The first-order chi connectivity index (χ1) is 18.1. The van der Waals surface area contributed by atoms with Gasteiger partial charge in [0.2, 0.25) is 5.91 Å².